The Morgan fingerprint density at radius 3 is 2.41 bits per heavy atom. The lowest BCUT2D eigenvalue weighted by Crippen LogP contribution is -2.38. The maximum atomic E-state index is 12.9. The largest absolute Gasteiger partial charge is 0.390 e. The van der Waals surface area contributed by atoms with Gasteiger partial charge in [0.25, 0.3) is 5.56 Å². The van der Waals surface area contributed by atoms with Gasteiger partial charge in [0.1, 0.15) is 5.82 Å². The number of aryl methyl sites for hydroxylation is 1. The second kappa shape index (κ2) is 7.96. The first kappa shape index (κ1) is 19.6. The van der Waals surface area contributed by atoms with Crippen LogP contribution in [0.15, 0.2) is 39.9 Å². The van der Waals surface area contributed by atoms with Gasteiger partial charge in [-0.25, -0.2) is 9.78 Å². The van der Waals surface area contributed by atoms with Crippen LogP contribution in [-0.4, -0.2) is 54.4 Å². The molecule has 0 bridgehead atoms. The zero-order chi connectivity index (χ0) is 20.5. The molecule has 0 spiro atoms. The van der Waals surface area contributed by atoms with Crippen molar-refractivity contribution in [2.24, 2.45) is 14.1 Å². The van der Waals surface area contributed by atoms with E-state index in [0.29, 0.717) is 30.0 Å². The molecular weight excluding hydrogens is 370 g/mol. The molecule has 1 fully saturated rings. The van der Waals surface area contributed by atoms with E-state index in [4.69, 9.17) is 0 Å². The Morgan fingerprint density at radius 1 is 1.03 bits per heavy atom. The minimum absolute atomic E-state index is 0.266. The van der Waals surface area contributed by atoms with Crippen LogP contribution in [0.3, 0.4) is 0 Å². The van der Waals surface area contributed by atoms with Crippen molar-refractivity contribution in [1.29, 1.82) is 0 Å². The van der Waals surface area contributed by atoms with Crippen LogP contribution in [0.1, 0.15) is 24.2 Å². The fourth-order valence-electron chi connectivity index (χ4n) is 4.13. The molecule has 1 aliphatic heterocycles. The molecular formula is C21H27N5O3. The summed E-state index contributed by atoms with van der Waals surface area (Å²) in [5.41, 5.74) is 0.984. The predicted molar refractivity (Wildman–Crippen MR) is 111 cm³/mol. The van der Waals surface area contributed by atoms with Crippen molar-refractivity contribution in [2.75, 3.05) is 19.6 Å². The van der Waals surface area contributed by atoms with Gasteiger partial charge in [0.05, 0.1) is 12.6 Å². The Kier molecular flexibility index (Phi) is 5.38. The van der Waals surface area contributed by atoms with E-state index in [0.717, 1.165) is 36.1 Å². The van der Waals surface area contributed by atoms with Gasteiger partial charge in [0.2, 0.25) is 0 Å². The van der Waals surface area contributed by atoms with Crippen molar-refractivity contribution in [1.82, 2.24) is 23.6 Å². The van der Waals surface area contributed by atoms with Crippen LogP contribution < -0.4 is 11.2 Å². The molecule has 1 aliphatic rings. The van der Waals surface area contributed by atoms with Gasteiger partial charge < -0.3 is 14.6 Å². The SMILES string of the molecule is Cn1c(=O)c2c(nc(Cc3ccccc3)n2C[C@H](O)CN2CCCC2)n(C)c1=O. The average molecular weight is 397 g/mol. The van der Waals surface area contributed by atoms with E-state index in [1.54, 1.807) is 11.6 Å². The quantitative estimate of drug-likeness (QED) is 0.654. The first-order valence-corrected chi connectivity index (χ1v) is 10.0. The normalized spacial score (nSPS) is 16.0. The summed E-state index contributed by atoms with van der Waals surface area (Å²) in [5, 5.41) is 10.7. The molecule has 0 aliphatic carbocycles. The molecule has 3 aromatic rings. The number of nitrogens with zero attached hydrogens (tertiary/aromatic N) is 5. The third-order valence-electron chi connectivity index (χ3n) is 5.69. The fourth-order valence-corrected chi connectivity index (χ4v) is 4.13. The smallest absolute Gasteiger partial charge is 0.332 e. The number of β-amino-alcohol motifs (C(OH)–C–C–N with tert-alkyl or cyclic N) is 1. The van der Waals surface area contributed by atoms with Crippen LogP contribution in [0.2, 0.25) is 0 Å². The minimum atomic E-state index is -0.623. The Balaban J connectivity index is 1.78. The van der Waals surface area contributed by atoms with Gasteiger partial charge in [0.15, 0.2) is 11.2 Å². The number of imidazole rings is 1. The first-order chi connectivity index (χ1) is 14.0. The summed E-state index contributed by atoms with van der Waals surface area (Å²) in [6, 6.07) is 9.87. The Hall–Kier alpha value is -2.71. The molecule has 1 atom stereocenters. The highest BCUT2D eigenvalue weighted by Crippen LogP contribution is 2.17. The number of aromatic nitrogens is 4. The summed E-state index contributed by atoms with van der Waals surface area (Å²) in [6.07, 6.45) is 2.20. The molecule has 8 nitrogen and oxygen atoms in total. The standard InChI is InChI=1S/C21H27N5O3/c1-23-19-18(20(28)24(2)21(23)29)26(14-16(27)13-25-10-6-7-11-25)17(22-19)12-15-8-4-3-5-9-15/h3-5,8-9,16,27H,6-7,10-14H2,1-2H3/t16-/m1/s1. The summed E-state index contributed by atoms with van der Waals surface area (Å²) in [7, 11) is 3.09. The van der Waals surface area contributed by atoms with E-state index in [2.05, 4.69) is 9.88 Å². The Morgan fingerprint density at radius 2 is 1.72 bits per heavy atom. The summed E-state index contributed by atoms with van der Waals surface area (Å²) in [6.45, 7) is 2.82. The highest BCUT2D eigenvalue weighted by atomic mass is 16.3. The molecule has 2 aromatic heterocycles. The molecule has 0 radical (unpaired) electrons. The third kappa shape index (κ3) is 3.77. The molecule has 8 heteroatoms. The van der Waals surface area contributed by atoms with E-state index in [1.807, 2.05) is 30.3 Å². The topological polar surface area (TPSA) is 85.3 Å². The van der Waals surface area contributed by atoms with Gasteiger partial charge in [-0.05, 0) is 31.5 Å². The first-order valence-electron chi connectivity index (χ1n) is 10.0. The summed E-state index contributed by atoms with van der Waals surface area (Å²) in [4.78, 5) is 32.2. The number of benzene rings is 1. The predicted octanol–water partition coefficient (Wildman–Crippen LogP) is 0.481. The maximum absolute atomic E-state index is 12.9. The maximum Gasteiger partial charge on any atom is 0.332 e. The average Bonchev–Trinajstić information content (AvgIpc) is 3.34. The fraction of sp³-hybridized carbons (Fsp3) is 0.476. The van der Waals surface area contributed by atoms with Gasteiger partial charge in [-0.3, -0.25) is 13.9 Å². The monoisotopic (exact) mass is 397 g/mol. The van der Waals surface area contributed by atoms with E-state index in [-0.39, 0.29) is 12.1 Å². The van der Waals surface area contributed by atoms with Crippen LogP contribution in [-0.2, 0) is 27.1 Å². The van der Waals surface area contributed by atoms with E-state index in [1.165, 1.54) is 11.6 Å². The molecule has 1 N–H and O–H groups in total. The molecule has 0 saturated carbocycles. The number of fused-ring (bicyclic) bond motifs is 1. The minimum Gasteiger partial charge on any atom is -0.390 e. The van der Waals surface area contributed by atoms with Crippen molar-refractivity contribution >= 4 is 11.2 Å². The zero-order valence-corrected chi connectivity index (χ0v) is 16.9. The third-order valence-corrected chi connectivity index (χ3v) is 5.69. The van der Waals surface area contributed by atoms with Gasteiger partial charge in [0, 0.05) is 27.1 Å². The number of aliphatic hydroxyl groups excluding tert-OH is 1. The molecule has 0 unspecified atom stereocenters. The number of aliphatic hydroxyl groups is 1. The van der Waals surface area contributed by atoms with E-state index < -0.39 is 11.8 Å². The summed E-state index contributed by atoms with van der Waals surface area (Å²) < 4.78 is 4.29. The lowest BCUT2D eigenvalue weighted by atomic mass is 10.1. The van der Waals surface area contributed by atoms with E-state index in [9.17, 15) is 14.7 Å². The molecule has 29 heavy (non-hydrogen) atoms. The van der Waals surface area contributed by atoms with Crippen LogP contribution in [0.4, 0.5) is 0 Å². The Labute approximate surface area is 168 Å². The molecule has 1 saturated heterocycles. The molecule has 154 valence electrons. The van der Waals surface area contributed by atoms with Crippen molar-refractivity contribution in [2.45, 2.75) is 31.9 Å². The second-order valence-electron chi connectivity index (χ2n) is 7.84. The van der Waals surface area contributed by atoms with Gasteiger partial charge in [-0.1, -0.05) is 30.3 Å². The lowest BCUT2D eigenvalue weighted by Gasteiger charge is -2.20. The number of hydrogen-bond acceptors (Lipinski definition) is 5. The lowest BCUT2D eigenvalue weighted by molar-refractivity contribution is 0.109. The summed E-state index contributed by atoms with van der Waals surface area (Å²) >= 11 is 0. The number of rotatable bonds is 6. The second-order valence-corrected chi connectivity index (χ2v) is 7.84. The Bertz CT molecular complexity index is 1120. The summed E-state index contributed by atoms with van der Waals surface area (Å²) in [5.74, 6) is 0.671. The highest BCUT2D eigenvalue weighted by Gasteiger charge is 2.22. The van der Waals surface area contributed by atoms with Crippen molar-refractivity contribution in [3.05, 3.63) is 62.6 Å². The van der Waals surface area contributed by atoms with Crippen LogP contribution >= 0.6 is 0 Å². The van der Waals surface area contributed by atoms with Gasteiger partial charge >= 0.3 is 5.69 Å². The van der Waals surface area contributed by atoms with Gasteiger partial charge in [-0.2, -0.15) is 0 Å². The highest BCUT2D eigenvalue weighted by molar-refractivity contribution is 5.71. The molecule has 0 amide bonds. The molecule has 1 aromatic carbocycles. The molecule has 3 heterocycles. The van der Waals surface area contributed by atoms with Gasteiger partial charge in [-0.15, -0.1) is 0 Å². The molecule has 4 rings (SSSR count). The van der Waals surface area contributed by atoms with Crippen LogP contribution in [0.25, 0.3) is 11.2 Å². The number of likely N-dealkylation sites (tertiary alicyclic amines) is 1. The van der Waals surface area contributed by atoms with Crippen LogP contribution in [0, 0.1) is 0 Å². The van der Waals surface area contributed by atoms with Crippen molar-refractivity contribution < 1.29 is 5.11 Å². The van der Waals surface area contributed by atoms with Crippen molar-refractivity contribution in [3.63, 3.8) is 0 Å². The van der Waals surface area contributed by atoms with E-state index >= 15 is 0 Å². The zero-order valence-electron chi connectivity index (χ0n) is 16.9. The van der Waals surface area contributed by atoms with Crippen LogP contribution in [0.5, 0.6) is 0 Å². The number of hydrogen-bond donors (Lipinski definition) is 1. The van der Waals surface area contributed by atoms with Crippen molar-refractivity contribution in [3.8, 4) is 0 Å².